The van der Waals surface area contributed by atoms with Crippen molar-refractivity contribution < 1.29 is 19.2 Å². The molecule has 0 aliphatic carbocycles. The van der Waals surface area contributed by atoms with Crippen molar-refractivity contribution in [2.45, 2.75) is 39.5 Å². The van der Waals surface area contributed by atoms with E-state index in [4.69, 9.17) is 23.2 Å². The van der Waals surface area contributed by atoms with Gasteiger partial charge in [0.1, 0.15) is 17.9 Å². The number of hydrogen-bond acceptors (Lipinski definition) is 4. The van der Waals surface area contributed by atoms with Gasteiger partial charge in [-0.3, -0.25) is 9.69 Å². The van der Waals surface area contributed by atoms with Crippen LogP contribution < -0.4 is 10.6 Å². The molecule has 1 unspecified atom stereocenters. The van der Waals surface area contributed by atoms with E-state index in [0.29, 0.717) is 27.8 Å². The quantitative estimate of drug-likeness (QED) is 0.520. The van der Waals surface area contributed by atoms with Crippen molar-refractivity contribution in [1.29, 1.82) is 0 Å². The molecular formula is C23H27Cl2N3O4S. The SMILES string of the molecule is CC(C)(C)C(=O)NCc1ccc(NC(=O)N2C[S+]([O-])C[C@H]2[C@@H](O)c2ccc(Cl)c(Cl)c2)cc1. The monoisotopic (exact) mass is 511 g/mol. The fourth-order valence-corrected chi connectivity index (χ4v) is 5.10. The van der Waals surface area contributed by atoms with Crippen molar-refractivity contribution in [2.75, 3.05) is 16.9 Å². The first-order valence-electron chi connectivity index (χ1n) is 10.4. The third-order valence-corrected chi connectivity index (χ3v) is 7.31. The number of nitrogens with one attached hydrogen (secondary N) is 2. The van der Waals surface area contributed by atoms with Gasteiger partial charge in [0.05, 0.1) is 10.0 Å². The minimum absolute atomic E-state index is 0.0196. The maximum absolute atomic E-state index is 12.9. The molecule has 0 bridgehead atoms. The number of carbonyl (C=O) groups is 2. The van der Waals surface area contributed by atoms with Crippen molar-refractivity contribution in [3.05, 3.63) is 63.6 Å². The third-order valence-electron chi connectivity index (χ3n) is 5.29. The second-order valence-corrected chi connectivity index (χ2v) is 11.2. The van der Waals surface area contributed by atoms with Crippen molar-refractivity contribution in [3.63, 3.8) is 0 Å². The number of aliphatic hydroxyl groups excluding tert-OH is 1. The lowest BCUT2D eigenvalue weighted by Gasteiger charge is -2.26. The summed E-state index contributed by atoms with van der Waals surface area (Å²) in [4.78, 5) is 26.3. The molecule has 1 aliphatic rings. The lowest BCUT2D eigenvalue weighted by atomic mass is 9.95. The summed E-state index contributed by atoms with van der Waals surface area (Å²) in [5.41, 5.74) is 1.46. The molecule has 1 saturated heterocycles. The van der Waals surface area contributed by atoms with Gasteiger partial charge in [-0.25, -0.2) is 4.79 Å². The highest BCUT2D eigenvalue weighted by Crippen LogP contribution is 2.32. The van der Waals surface area contributed by atoms with Crippen LogP contribution in [0.5, 0.6) is 0 Å². The highest BCUT2D eigenvalue weighted by molar-refractivity contribution is 7.91. The van der Waals surface area contributed by atoms with Gasteiger partial charge in [0.15, 0.2) is 5.88 Å². The van der Waals surface area contributed by atoms with Gasteiger partial charge in [-0.15, -0.1) is 0 Å². The van der Waals surface area contributed by atoms with Crippen LogP contribution in [0.1, 0.15) is 38.0 Å². The second-order valence-electron chi connectivity index (χ2n) is 8.95. The summed E-state index contributed by atoms with van der Waals surface area (Å²) in [7, 11) is 0. The summed E-state index contributed by atoms with van der Waals surface area (Å²) < 4.78 is 12.2. The van der Waals surface area contributed by atoms with E-state index in [9.17, 15) is 19.2 Å². The minimum atomic E-state index is -1.28. The average Bonchev–Trinajstić information content (AvgIpc) is 3.15. The predicted molar refractivity (Wildman–Crippen MR) is 132 cm³/mol. The predicted octanol–water partition coefficient (Wildman–Crippen LogP) is 4.31. The molecule has 3 atom stereocenters. The summed E-state index contributed by atoms with van der Waals surface area (Å²) >= 11 is 10.7. The summed E-state index contributed by atoms with van der Waals surface area (Å²) in [6.45, 7) is 5.92. The first-order chi connectivity index (χ1) is 15.5. The number of benzene rings is 2. The molecule has 3 rings (SSSR count). The normalized spacial score (nSPS) is 19.3. The molecule has 33 heavy (non-hydrogen) atoms. The molecule has 0 saturated carbocycles. The van der Waals surface area contributed by atoms with E-state index < -0.39 is 34.8 Å². The van der Waals surface area contributed by atoms with Gasteiger partial charge in [0, 0.05) is 17.6 Å². The Balaban J connectivity index is 1.64. The van der Waals surface area contributed by atoms with E-state index in [1.54, 1.807) is 30.3 Å². The van der Waals surface area contributed by atoms with Crippen molar-refractivity contribution in [2.24, 2.45) is 5.41 Å². The second kappa shape index (κ2) is 10.5. The van der Waals surface area contributed by atoms with Gasteiger partial charge >= 0.3 is 6.03 Å². The van der Waals surface area contributed by atoms with Gasteiger partial charge < -0.3 is 20.3 Å². The molecule has 0 spiro atoms. The number of rotatable bonds is 5. The van der Waals surface area contributed by atoms with Crippen LogP contribution in [-0.4, -0.2) is 44.2 Å². The van der Waals surface area contributed by atoms with E-state index in [1.807, 2.05) is 32.9 Å². The molecule has 7 nitrogen and oxygen atoms in total. The Morgan fingerprint density at radius 2 is 1.85 bits per heavy atom. The fraction of sp³-hybridized carbons (Fsp3) is 0.391. The number of urea groups is 1. The molecule has 1 aliphatic heterocycles. The Bertz CT molecular complexity index is 1010. The van der Waals surface area contributed by atoms with Gasteiger partial charge in [0.25, 0.3) is 0 Å². The van der Waals surface area contributed by atoms with E-state index in [1.165, 1.54) is 4.90 Å². The van der Waals surface area contributed by atoms with E-state index >= 15 is 0 Å². The van der Waals surface area contributed by atoms with Crippen molar-refractivity contribution in [1.82, 2.24) is 10.2 Å². The Labute approximate surface area is 206 Å². The van der Waals surface area contributed by atoms with Crippen LogP contribution >= 0.6 is 23.2 Å². The van der Waals surface area contributed by atoms with E-state index in [2.05, 4.69) is 10.6 Å². The van der Waals surface area contributed by atoms with Crippen LogP contribution in [0.2, 0.25) is 10.0 Å². The van der Waals surface area contributed by atoms with Crippen LogP contribution in [0.4, 0.5) is 10.5 Å². The Morgan fingerprint density at radius 3 is 2.45 bits per heavy atom. The van der Waals surface area contributed by atoms with Gasteiger partial charge in [-0.05, 0) is 46.6 Å². The number of aliphatic hydroxyl groups is 1. The first kappa shape index (κ1) is 25.6. The van der Waals surface area contributed by atoms with Crippen LogP contribution in [0, 0.1) is 5.41 Å². The van der Waals surface area contributed by atoms with Crippen molar-refractivity contribution in [3.8, 4) is 0 Å². The highest BCUT2D eigenvalue weighted by Gasteiger charge is 2.42. The van der Waals surface area contributed by atoms with Gasteiger partial charge in [-0.1, -0.05) is 62.2 Å². The molecule has 3 amide bonds. The van der Waals surface area contributed by atoms with Crippen LogP contribution in [0.25, 0.3) is 0 Å². The van der Waals surface area contributed by atoms with Crippen LogP contribution in [-0.2, 0) is 22.5 Å². The number of anilines is 1. The Hall–Kier alpha value is -1.97. The lowest BCUT2D eigenvalue weighted by Crippen LogP contribution is -2.42. The minimum Gasteiger partial charge on any atom is -0.615 e. The number of halogens is 2. The smallest absolute Gasteiger partial charge is 0.325 e. The zero-order chi connectivity index (χ0) is 24.3. The van der Waals surface area contributed by atoms with Gasteiger partial charge in [0.2, 0.25) is 5.91 Å². The zero-order valence-corrected chi connectivity index (χ0v) is 20.9. The molecule has 10 heteroatoms. The van der Waals surface area contributed by atoms with Crippen molar-refractivity contribution >= 4 is 52.0 Å². The molecule has 178 valence electrons. The molecule has 1 fully saturated rings. The summed E-state index contributed by atoms with van der Waals surface area (Å²) in [5.74, 6) is 0.126. The maximum atomic E-state index is 12.9. The standard InChI is InChI=1S/C23H27Cl2N3O4S/c1-23(2,3)21(30)26-11-14-4-7-16(8-5-14)27-22(31)28-13-33(32)12-19(28)20(29)15-6-9-17(24)18(25)10-15/h4-10,19-20,29H,11-13H2,1-3H3,(H,26,30)(H,27,31)/t19-,20-,33?/m0/s1. The molecule has 0 radical (unpaired) electrons. The number of carbonyl (C=O) groups excluding carboxylic acids is 2. The maximum Gasteiger partial charge on any atom is 0.325 e. The van der Waals surface area contributed by atoms with Crippen LogP contribution in [0.15, 0.2) is 42.5 Å². The Morgan fingerprint density at radius 1 is 1.18 bits per heavy atom. The molecular weight excluding hydrogens is 485 g/mol. The lowest BCUT2D eigenvalue weighted by molar-refractivity contribution is -0.128. The highest BCUT2D eigenvalue weighted by atomic mass is 35.5. The average molecular weight is 512 g/mol. The molecule has 1 heterocycles. The Kier molecular flexibility index (Phi) is 8.18. The molecule has 0 aromatic heterocycles. The summed E-state index contributed by atoms with van der Waals surface area (Å²) in [6.07, 6.45) is -1.06. The van der Waals surface area contributed by atoms with E-state index in [-0.39, 0.29) is 17.5 Å². The summed E-state index contributed by atoms with van der Waals surface area (Å²) in [6, 6.07) is 10.7. The largest absolute Gasteiger partial charge is 0.615 e. The number of nitrogens with zero attached hydrogens (tertiary/aromatic N) is 1. The molecule has 2 aromatic carbocycles. The summed E-state index contributed by atoms with van der Waals surface area (Å²) in [5, 5.41) is 17.2. The van der Waals surface area contributed by atoms with E-state index in [0.717, 1.165) is 5.56 Å². The van der Waals surface area contributed by atoms with Crippen LogP contribution in [0.3, 0.4) is 0 Å². The molecule has 3 N–H and O–H groups in total. The third kappa shape index (κ3) is 6.55. The van der Waals surface area contributed by atoms with Gasteiger partial charge in [-0.2, -0.15) is 0 Å². The first-order valence-corrected chi connectivity index (χ1v) is 12.6. The number of hydrogen-bond donors (Lipinski definition) is 3. The molecule has 2 aromatic rings. The number of amides is 3. The zero-order valence-electron chi connectivity index (χ0n) is 18.6. The topological polar surface area (TPSA) is 105 Å². The fourth-order valence-electron chi connectivity index (χ4n) is 3.32.